The van der Waals surface area contributed by atoms with Crippen LogP contribution < -0.4 is 14.8 Å². The van der Waals surface area contributed by atoms with E-state index in [1.807, 2.05) is 0 Å². The molecule has 144 valence electrons. The highest BCUT2D eigenvalue weighted by Gasteiger charge is 2.22. The molecule has 1 N–H and O–H groups in total. The Bertz CT molecular complexity index is 618. The fourth-order valence-electron chi connectivity index (χ4n) is 2.96. The van der Waals surface area contributed by atoms with Gasteiger partial charge in [-0.05, 0) is 30.9 Å². The molecule has 0 radical (unpaired) electrons. The Morgan fingerprint density at radius 2 is 1.96 bits per heavy atom. The summed E-state index contributed by atoms with van der Waals surface area (Å²) in [4.78, 5) is 24.0. The Morgan fingerprint density at radius 1 is 1.23 bits per heavy atom. The van der Waals surface area contributed by atoms with Crippen LogP contribution in [0.25, 0.3) is 0 Å². The number of ether oxygens (including phenoxy) is 3. The number of esters is 1. The van der Waals surface area contributed by atoms with Crippen molar-refractivity contribution in [3.8, 4) is 11.5 Å². The Morgan fingerprint density at radius 3 is 2.62 bits per heavy atom. The summed E-state index contributed by atoms with van der Waals surface area (Å²) in [5.41, 5.74) is -0.232. The number of rotatable bonds is 8. The highest BCUT2D eigenvalue weighted by Crippen LogP contribution is 2.32. The highest BCUT2D eigenvalue weighted by atomic mass is 19.3. The standard InChI is InChI=1S/C18H23F2NO5/c1-24-14-9-5-8-13(16(14)26-18(19)20)17(23)25-11-15(22)21-10-12-6-3-2-4-7-12/h5,8-9,12,18H,2-4,6-7,10-11H2,1H3,(H,21,22). The summed E-state index contributed by atoms with van der Waals surface area (Å²) in [6.45, 7) is -3.07. The van der Waals surface area contributed by atoms with E-state index in [-0.39, 0.29) is 11.3 Å². The first kappa shape index (κ1) is 19.9. The van der Waals surface area contributed by atoms with Gasteiger partial charge < -0.3 is 19.5 Å². The number of carbonyl (C=O) groups is 2. The minimum atomic E-state index is -3.13. The van der Waals surface area contributed by atoms with Crippen molar-refractivity contribution in [1.82, 2.24) is 5.32 Å². The van der Waals surface area contributed by atoms with Crippen molar-refractivity contribution in [3.05, 3.63) is 23.8 Å². The third-order valence-electron chi connectivity index (χ3n) is 4.27. The molecule has 1 aliphatic carbocycles. The molecule has 0 aliphatic heterocycles. The smallest absolute Gasteiger partial charge is 0.387 e. The summed E-state index contributed by atoms with van der Waals surface area (Å²) in [5.74, 6) is -1.36. The van der Waals surface area contributed by atoms with E-state index in [0.717, 1.165) is 25.7 Å². The highest BCUT2D eigenvalue weighted by molar-refractivity contribution is 5.94. The van der Waals surface area contributed by atoms with Crippen LogP contribution in [-0.2, 0) is 9.53 Å². The first-order valence-corrected chi connectivity index (χ1v) is 8.57. The predicted octanol–water partition coefficient (Wildman–Crippen LogP) is 3.15. The molecule has 6 nitrogen and oxygen atoms in total. The fraction of sp³-hybridized carbons (Fsp3) is 0.556. The molecule has 0 spiro atoms. The summed E-state index contributed by atoms with van der Waals surface area (Å²) in [5, 5.41) is 2.74. The van der Waals surface area contributed by atoms with Crippen LogP contribution in [0, 0.1) is 5.92 Å². The number of nitrogens with one attached hydrogen (secondary N) is 1. The van der Waals surface area contributed by atoms with E-state index in [1.165, 1.54) is 31.7 Å². The zero-order valence-corrected chi connectivity index (χ0v) is 14.6. The third kappa shape index (κ3) is 5.86. The Kier molecular flexibility index (Phi) is 7.62. The number of amides is 1. The van der Waals surface area contributed by atoms with Gasteiger partial charge in [0, 0.05) is 6.54 Å². The molecular formula is C18H23F2NO5. The number of halogens is 2. The molecule has 0 aromatic heterocycles. The normalized spacial score (nSPS) is 14.8. The number of hydrogen-bond donors (Lipinski definition) is 1. The van der Waals surface area contributed by atoms with Crippen LogP contribution >= 0.6 is 0 Å². The van der Waals surface area contributed by atoms with Crippen molar-refractivity contribution >= 4 is 11.9 Å². The summed E-state index contributed by atoms with van der Waals surface area (Å²) in [6.07, 6.45) is 5.72. The van der Waals surface area contributed by atoms with Crippen LogP contribution in [0.5, 0.6) is 11.5 Å². The van der Waals surface area contributed by atoms with Crippen LogP contribution in [0.15, 0.2) is 18.2 Å². The molecule has 1 aromatic carbocycles. The number of para-hydroxylation sites is 1. The average molecular weight is 371 g/mol. The quantitative estimate of drug-likeness (QED) is 0.711. The van der Waals surface area contributed by atoms with Gasteiger partial charge in [-0.25, -0.2) is 4.79 Å². The second kappa shape index (κ2) is 9.94. The van der Waals surface area contributed by atoms with Crippen molar-refractivity contribution in [2.45, 2.75) is 38.7 Å². The predicted molar refractivity (Wildman–Crippen MR) is 89.5 cm³/mol. The SMILES string of the molecule is COc1cccc(C(=O)OCC(=O)NCC2CCCCC2)c1OC(F)F. The van der Waals surface area contributed by atoms with Gasteiger partial charge in [0.1, 0.15) is 5.56 Å². The third-order valence-corrected chi connectivity index (χ3v) is 4.27. The van der Waals surface area contributed by atoms with E-state index in [1.54, 1.807) is 0 Å². The zero-order valence-electron chi connectivity index (χ0n) is 14.6. The Hall–Kier alpha value is -2.38. The first-order valence-electron chi connectivity index (χ1n) is 8.57. The van der Waals surface area contributed by atoms with Crippen LogP contribution in [-0.4, -0.2) is 38.7 Å². The van der Waals surface area contributed by atoms with E-state index in [9.17, 15) is 18.4 Å². The zero-order chi connectivity index (χ0) is 18.9. The molecule has 0 bridgehead atoms. The topological polar surface area (TPSA) is 73.9 Å². The van der Waals surface area contributed by atoms with Crippen molar-refractivity contribution in [1.29, 1.82) is 0 Å². The molecule has 0 atom stereocenters. The fourth-order valence-corrected chi connectivity index (χ4v) is 2.96. The van der Waals surface area contributed by atoms with E-state index in [0.29, 0.717) is 12.5 Å². The van der Waals surface area contributed by atoms with E-state index in [4.69, 9.17) is 9.47 Å². The van der Waals surface area contributed by atoms with Gasteiger partial charge in [-0.3, -0.25) is 4.79 Å². The van der Waals surface area contributed by atoms with Crippen molar-refractivity contribution in [3.63, 3.8) is 0 Å². The van der Waals surface area contributed by atoms with E-state index < -0.39 is 30.8 Å². The molecule has 1 saturated carbocycles. The first-order chi connectivity index (χ1) is 12.5. The maximum Gasteiger partial charge on any atom is 0.387 e. The van der Waals surface area contributed by atoms with Gasteiger partial charge >= 0.3 is 12.6 Å². The van der Waals surface area contributed by atoms with Crippen LogP contribution in [0.2, 0.25) is 0 Å². The molecule has 0 saturated heterocycles. The Labute approximate surface area is 150 Å². The summed E-state index contributed by atoms with van der Waals surface area (Å²) >= 11 is 0. The van der Waals surface area contributed by atoms with Gasteiger partial charge in [0.2, 0.25) is 0 Å². The van der Waals surface area contributed by atoms with Crippen LogP contribution in [0.1, 0.15) is 42.5 Å². The number of benzene rings is 1. The number of methoxy groups -OCH3 is 1. The van der Waals surface area contributed by atoms with Gasteiger partial charge in [0.25, 0.3) is 5.91 Å². The Balaban J connectivity index is 1.89. The molecule has 1 aromatic rings. The maximum absolute atomic E-state index is 12.6. The maximum atomic E-state index is 12.6. The lowest BCUT2D eigenvalue weighted by Crippen LogP contribution is -2.33. The monoisotopic (exact) mass is 371 g/mol. The van der Waals surface area contributed by atoms with Gasteiger partial charge in [-0.1, -0.05) is 25.3 Å². The molecule has 0 unspecified atom stereocenters. The summed E-state index contributed by atoms with van der Waals surface area (Å²) < 4.78 is 39.4. The minimum absolute atomic E-state index is 0.0264. The molecular weight excluding hydrogens is 348 g/mol. The summed E-state index contributed by atoms with van der Waals surface area (Å²) in [7, 11) is 1.27. The van der Waals surface area contributed by atoms with Crippen LogP contribution in [0.3, 0.4) is 0 Å². The lowest BCUT2D eigenvalue weighted by Gasteiger charge is -2.21. The number of carbonyl (C=O) groups excluding carboxylic acids is 2. The molecule has 1 aliphatic rings. The van der Waals surface area contributed by atoms with E-state index >= 15 is 0 Å². The molecule has 2 rings (SSSR count). The van der Waals surface area contributed by atoms with Gasteiger partial charge in [0.05, 0.1) is 7.11 Å². The second-order valence-corrected chi connectivity index (χ2v) is 6.10. The van der Waals surface area contributed by atoms with Crippen molar-refractivity contribution < 1.29 is 32.6 Å². The molecule has 0 heterocycles. The van der Waals surface area contributed by atoms with E-state index in [2.05, 4.69) is 10.1 Å². The van der Waals surface area contributed by atoms with Gasteiger partial charge in [-0.15, -0.1) is 0 Å². The molecule has 26 heavy (non-hydrogen) atoms. The number of hydrogen-bond acceptors (Lipinski definition) is 5. The second-order valence-electron chi connectivity index (χ2n) is 6.10. The average Bonchev–Trinajstić information content (AvgIpc) is 2.65. The van der Waals surface area contributed by atoms with Crippen LogP contribution in [0.4, 0.5) is 8.78 Å². The minimum Gasteiger partial charge on any atom is -0.493 e. The van der Waals surface area contributed by atoms with Gasteiger partial charge in [-0.2, -0.15) is 8.78 Å². The molecule has 1 amide bonds. The van der Waals surface area contributed by atoms with Gasteiger partial charge in [0.15, 0.2) is 18.1 Å². The number of alkyl halides is 2. The van der Waals surface area contributed by atoms with Crippen molar-refractivity contribution in [2.24, 2.45) is 5.92 Å². The van der Waals surface area contributed by atoms with Crippen molar-refractivity contribution in [2.75, 3.05) is 20.3 Å². The molecule has 8 heteroatoms. The molecule has 1 fully saturated rings. The lowest BCUT2D eigenvalue weighted by atomic mass is 9.89. The lowest BCUT2D eigenvalue weighted by molar-refractivity contribution is -0.124. The largest absolute Gasteiger partial charge is 0.493 e. The summed E-state index contributed by atoms with van der Waals surface area (Å²) in [6, 6.07) is 4.09.